The number of thioether (sulfide) groups is 1. The van der Waals surface area contributed by atoms with E-state index in [1.54, 1.807) is 4.57 Å². The number of carbonyl (C=O) groups is 1. The minimum absolute atomic E-state index is 0.102. The second kappa shape index (κ2) is 7.15. The van der Waals surface area contributed by atoms with Crippen molar-refractivity contribution in [1.29, 1.82) is 0 Å². The number of benzene rings is 2. The van der Waals surface area contributed by atoms with Gasteiger partial charge in [-0.05, 0) is 44.0 Å². The van der Waals surface area contributed by atoms with Gasteiger partial charge < -0.3 is 0 Å². The highest BCUT2D eigenvalue weighted by molar-refractivity contribution is 8.00. The maximum Gasteiger partial charge on any atom is 0.267 e. The molecule has 1 saturated carbocycles. The molecule has 1 fully saturated rings. The van der Waals surface area contributed by atoms with Crippen LogP contribution in [0.3, 0.4) is 0 Å². The van der Waals surface area contributed by atoms with Gasteiger partial charge in [0, 0.05) is 6.42 Å². The quantitative estimate of drug-likeness (QED) is 0.517. The van der Waals surface area contributed by atoms with Gasteiger partial charge in [0.05, 0.1) is 21.8 Å². The van der Waals surface area contributed by atoms with E-state index in [0.29, 0.717) is 22.7 Å². The molecule has 7 heteroatoms. The van der Waals surface area contributed by atoms with E-state index in [1.807, 2.05) is 59.9 Å². The molecule has 0 N–H and O–H groups in total. The lowest BCUT2D eigenvalue weighted by molar-refractivity contribution is -0.119. The van der Waals surface area contributed by atoms with Crippen LogP contribution >= 0.6 is 11.8 Å². The standard InChI is InChI=1S/C22H20N4O2S/c1-14-10-12-15(13-11-14)25-20(28)16-6-2-3-7-17(16)26-21(25)23-24-22(26)29-19-9-5-4-8-18(19)27/h2-3,6-7,10-13,19H,4-5,8-9H2,1H3. The average molecular weight is 404 g/mol. The highest BCUT2D eigenvalue weighted by Gasteiger charge is 2.26. The van der Waals surface area contributed by atoms with E-state index >= 15 is 0 Å². The van der Waals surface area contributed by atoms with E-state index in [4.69, 9.17) is 0 Å². The minimum atomic E-state index is -0.130. The third-order valence-electron chi connectivity index (χ3n) is 5.43. The SMILES string of the molecule is Cc1ccc(-n2c(=O)c3ccccc3n3c(SC4CCCCC4=O)nnc23)cc1. The van der Waals surface area contributed by atoms with Crippen molar-refractivity contribution in [3.63, 3.8) is 0 Å². The molecule has 1 aliphatic carbocycles. The van der Waals surface area contributed by atoms with Crippen LogP contribution in [0, 0.1) is 6.92 Å². The summed E-state index contributed by atoms with van der Waals surface area (Å²) in [6.45, 7) is 2.01. The van der Waals surface area contributed by atoms with Gasteiger partial charge in [-0.1, -0.05) is 48.0 Å². The molecule has 1 atom stereocenters. The van der Waals surface area contributed by atoms with Gasteiger partial charge in [0.2, 0.25) is 5.78 Å². The van der Waals surface area contributed by atoms with Crippen LogP contribution in [0.4, 0.5) is 0 Å². The predicted molar refractivity (Wildman–Crippen MR) is 114 cm³/mol. The first-order valence-electron chi connectivity index (χ1n) is 9.79. The number of aromatic nitrogens is 4. The number of rotatable bonds is 3. The van der Waals surface area contributed by atoms with Gasteiger partial charge in [0.1, 0.15) is 5.78 Å². The highest BCUT2D eigenvalue weighted by Crippen LogP contribution is 2.32. The molecule has 6 nitrogen and oxygen atoms in total. The van der Waals surface area contributed by atoms with Crippen molar-refractivity contribution >= 4 is 34.2 Å². The summed E-state index contributed by atoms with van der Waals surface area (Å²) in [7, 11) is 0. The summed E-state index contributed by atoms with van der Waals surface area (Å²) in [5, 5.41) is 9.89. The molecular formula is C22H20N4O2S. The molecule has 0 spiro atoms. The molecule has 146 valence electrons. The van der Waals surface area contributed by atoms with Crippen LogP contribution in [-0.2, 0) is 4.79 Å². The summed E-state index contributed by atoms with van der Waals surface area (Å²) in [6.07, 6.45) is 3.50. The second-order valence-electron chi connectivity index (χ2n) is 7.43. The summed E-state index contributed by atoms with van der Waals surface area (Å²) in [5.41, 5.74) is 2.49. The van der Waals surface area contributed by atoms with E-state index in [-0.39, 0.29) is 16.6 Å². The first-order chi connectivity index (χ1) is 14.1. The van der Waals surface area contributed by atoms with Crippen molar-refractivity contribution in [3.05, 3.63) is 64.4 Å². The molecule has 0 aliphatic heterocycles. The third-order valence-corrected chi connectivity index (χ3v) is 6.69. The van der Waals surface area contributed by atoms with Crippen LogP contribution in [0.2, 0.25) is 0 Å². The molecule has 0 bridgehead atoms. The Morgan fingerprint density at radius 2 is 1.79 bits per heavy atom. The molecule has 2 heterocycles. The van der Waals surface area contributed by atoms with Crippen molar-refractivity contribution in [2.24, 2.45) is 0 Å². The van der Waals surface area contributed by atoms with Gasteiger partial charge in [0.25, 0.3) is 5.56 Å². The lowest BCUT2D eigenvalue weighted by Gasteiger charge is -2.19. The molecule has 5 rings (SSSR count). The van der Waals surface area contributed by atoms with Gasteiger partial charge in [0.15, 0.2) is 5.16 Å². The zero-order chi connectivity index (χ0) is 20.0. The normalized spacial score (nSPS) is 17.3. The molecule has 4 aromatic rings. The Balaban J connectivity index is 1.76. The van der Waals surface area contributed by atoms with E-state index in [2.05, 4.69) is 10.2 Å². The van der Waals surface area contributed by atoms with E-state index in [9.17, 15) is 9.59 Å². The highest BCUT2D eigenvalue weighted by atomic mass is 32.2. The van der Waals surface area contributed by atoms with E-state index in [1.165, 1.54) is 11.8 Å². The number of aryl methyl sites for hydroxylation is 1. The fraction of sp³-hybridized carbons (Fsp3) is 0.273. The van der Waals surface area contributed by atoms with E-state index < -0.39 is 0 Å². The lowest BCUT2D eigenvalue weighted by atomic mass is 9.99. The molecular weight excluding hydrogens is 384 g/mol. The van der Waals surface area contributed by atoms with E-state index in [0.717, 1.165) is 36.0 Å². The van der Waals surface area contributed by atoms with Gasteiger partial charge in [-0.2, -0.15) is 0 Å². The third kappa shape index (κ3) is 3.06. The van der Waals surface area contributed by atoms with Gasteiger partial charge in [-0.25, -0.2) is 4.57 Å². The summed E-state index contributed by atoms with van der Waals surface area (Å²) in [6, 6.07) is 15.3. The second-order valence-corrected chi connectivity index (χ2v) is 8.60. The van der Waals surface area contributed by atoms with Crippen LogP contribution in [0.1, 0.15) is 31.2 Å². The Hall–Kier alpha value is -2.93. The summed E-state index contributed by atoms with van der Waals surface area (Å²) < 4.78 is 3.50. The Labute approximate surface area is 171 Å². The van der Waals surface area contributed by atoms with Crippen molar-refractivity contribution in [1.82, 2.24) is 19.2 Å². The molecule has 29 heavy (non-hydrogen) atoms. The maximum atomic E-state index is 13.3. The van der Waals surface area contributed by atoms with Gasteiger partial charge >= 0.3 is 0 Å². The van der Waals surface area contributed by atoms with Crippen molar-refractivity contribution < 1.29 is 4.79 Å². The summed E-state index contributed by atoms with van der Waals surface area (Å²) >= 11 is 1.46. The first kappa shape index (κ1) is 18.1. The fourth-order valence-corrected chi connectivity index (χ4v) is 5.05. The van der Waals surface area contributed by atoms with Crippen LogP contribution in [0.25, 0.3) is 22.4 Å². The van der Waals surface area contributed by atoms with Crippen LogP contribution < -0.4 is 5.56 Å². The molecule has 2 aromatic carbocycles. The van der Waals surface area contributed by atoms with Gasteiger partial charge in [-0.15, -0.1) is 10.2 Å². The molecule has 0 amide bonds. The summed E-state index contributed by atoms with van der Waals surface area (Å²) in [5.74, 6) is 0.734. The van der Waals surface area contributed by atoms with Crippen LogP contribution in [-0.4, -0.2) is 30.2 Å². The maximum absolute atomic E-state index is 13.3. The molecule has 1 aliphatic rings. The average Bonchev–Trinajstić information content (AvgIpc) is 3.15. The molecule has 0 saturated heterocycles. The Bertz CT molecular complexity index is 1290. The number of Topliss-reactive ketones (excluding diaryl/α,β-unsaturated/α-hetero) is 1. The first-order valence-corrected chi connectivity index (χ1v) is 10.7. The number of nitrogens with zero attached hydrogens (tertiary/aromatic N) is 4. The predicted octanol–water partition coefficient (Wildman–Crippen LogP) is 3.95. The van der Waals surface area contributed by atoms with Gasteiger partial charge in [-0.3, -0.25) is 14.0 Å². The van der Waals surface area contributed by atoms with Crippen molar-refractivity contribution in [2.45, 2.75) is 43.0 Å². The van der Waals surface area contributed by atoms with Crippen LogP contribution in [0.5, 0.6) is 0 Å². The van der Waals surface area contributed by atoms with Crippen molar-refractivity contribution in [2.75, 3.05) is 0 Å². The smallest absolute Gasteiger partial charge is 0.267 e. The Morgan fingerprint density at radius 1 is 1.00 bits per heavy atom. The fourth-order valence-electron chi connectivity index (χ4n) is 3.88. The number of carbonyl (C=O) groups excluding carboxylic acids is 1. The number of hydrogen-bond acceptors (Lipinski definition) is 5. The Kier molecular flexibility index (Phi) is 4.47. The molecule has 0 radical (unpaired) electrons. The number of ketones is 1. The lowest BCUT2D eigenvalue weighted by Crippen LogP contribution is -2.23. The monoisotopic (exact) mass is 404 g/mol. The molecule has 2 aromatic heterocycles. The number of fused-ring (bicyclic) bond motifs is 3. The van der Waals surface area contributed by atoms with Crippen LogP contribution in [0.15, 0.2) is 58.5 Å². The zero-order valence-electron chi connectivity index (χ0n) is 16.0. The minimum Gasteiger partial charge on any atom is -0.298 e. The van der Waals surface area contributed by atoms with Crippen molar-refractivity contribution in [3.8, 4) is 5.69 Å². The largest absolute Gasteiger partial charge is 0.298 e. The topological polar surface area (TPSA) is 69.3 Å². The number of hydrogen-bond donors (Lipinski definition) is 0. The summed E-state index contributed by atoms with van der Waals surface area (Å²) in [4.78, 5) is 25.7. The Morgan fingerprint density at radius 3 is 2.59 bits per heavy atom. The number of para-hydroxylation sites is 1. The molecule has 1 unspecified atom stereocenters. The zero-order valence-corrected chi connectivity index (χ0v) is 16.9.